The number of pyridine rings is 1. The van der Waals surface area contributed by atoms with Gasteiger partial charge in [-0.25, -0.2) is 0 Å². The fraction of sp³-hybridized carbons (Fsp3) is 0.188. The lowest BCUT2D eigenvalue weighted by Crippen LogP contribution is -2.49. The number of aliphatic carboxylic acids is 1. The average molecular weight is 609 g/mol. The molecule has 3 N–H and O–H groups in total. The van der Waals surface area contributed by atoms with Crippen LogP contribution in [0.5, 0.6) is 0 Å². The molecule has 0 radical (unpaired) electrons. The minimum absolute atomic E-state index is 0.128. The molecule has 2 aromatic carbocycles. The summed E-state index contributed by atoms with van der Waals surface area (Å²) < 4.78 is 0. The number of anilines is 2. The molecule has 2 aromatic heterocycles. The van der Waals surface area contributed by atoms with E-state index in [4.69, 9.17) is 5.26 Å². The van der Waals surface area contributed by atoms with Crippen LogP contribution in [-0.2, 0) is 4.79 Å². The number of carbonyl (C=O) groups excluding carboxylic acids is 3. The molecule has 0 aliphatic carbocycles. The van der Waals surface area contributed by atoms with Gasteiger partial charge in [0.2, 0.25) is 0 Å². The standard InChI is InChI=1S/C32H28N6O5S/c33-19-21-5-7-22(8-6-21)32(43)38-14-12-37(13-15-38)27-10-9-23(17-26(27)36-31(42)28-4-2-16-44-28)30(41)35-25(18-29(39)40)24-3-1-11-34-20-24/h1-11,16-17,20,25H,12-15,18H2,(H,35,41)(H,36,42)(H,39,40). The molecule has 3 amide bonds. The first kappa shape index (κ1) is 29.9. The van der Waals surface area contributed by atoms with E-state index in [1.54, 1.807) is 83.2 Å². The molecular weight excluding hydrogens is 580 g/mol. The van der Waals surface area contributed by atoms with E-state index >= 15 is 0 Å². The van der Waals surface area contributed by atoms with Crippen molar-refractivity contribution in [3.63, 3.8) is 0 Å². The van der Waals surface area contributed by atoms with E-state index in [9.17, 15) is 24.3 Å². The van der Waals surface area contributed by atoms with Gasteiger partial charge in [-0.15, -0.1) is 11.3 Å². The topological polar surface area (TPSA) is 156 Å². The Morgan fingerprint density at radius 2 is 1.70 bits per heavy atom. The molecule has 222 valence electrons. The van der Waals surface area contributed by atoms with Crippen LogP contribution in [0.3, 0.4) is 0 Å². The van der Waals surface area contributed by atoms with Gasteiger partial charge in [0.15, 0.2) is 0 Å². The van der Waals surface area contributed by atoms with Crippen LogP contribution in [0, 0.1) is 11.3 Å². The minimum Gasteiger partial charge on any atom is -0.481 e. The molecule has 1 saturated heterocycles. The minimum atomic E-state index is -1.07. The number of piperazine rings is 1. The molecule has 1 aliphatic heterocycles. The molecule has 0 saturated carbocycles. The second-order valence-corrected chi connectivity index (χ2v) is 11.0. The lowest BCUT2D eigenvalue weighted by Gasteiger charge is -2.37. The van der Waals surface area contributed by atoms with Crippen LogP contribution in [0.25, 0.3) is 0 Å². The van der Waals surface area contributed by atoms with Gasteiger partial charge in [-0.3, -0.25) is 24.2 Å². The van der Waals surface area contributed by atoms with Gasteiger partial charge in [-0.1, -0.05) is 12.1 Å². The zero-order valence-corrected chi connectivity index (χ0v) is 24.3. The Morgan fingerprint density at radius 1 is 0.955 bits per heavy atom. The first-order valence-corrected chi connectivity index (χ1v) is 14.7. The van der Waals surface area contributed by atoms with Crippen molar-refractivity contribution >= 4 is 46.4 Å². The summed E-state index contributed by atoms with van der Waals surface area (Å²) in [6, 6.07) is 19.5. The van der Waals surface area contributed by atoms with Gasteiger partial charge >= 0.3 is 5.97 Å². The summed E-state index contributed by atoms with van der Waals surface area (Å²) in [4.78, 5) is 59.3. The number of hydrogen-bond donors (Lipinski definition) is 3. The number of hydrogen-bond acceptors (Lipinski definition) is 8. The number of nitrogens with one attached hydrogen (secondary N) is 2. The first-order valence-electron chi connectivity index (χ1n) is 13.8. The van der Waals surface area contributed by atoms with Gasteiger partial charge in [0.1, 0.15) is 0 Å². The molecule has 5 rings (SSSR count). The van der Waals surface area contributed by atoms with Gasteiger partial charge in [0.25, 0.3) is 17.7 Å². The van der Waals surface area contributed by atoms with E-state index < -0.39 is 17.9 Å². The zero-order valence-electron chi connectivity index (χ0n) is 23.5. The Morgan fingerprint density at radius 3 is 2.34 bits per heavy atom. The second kappa shape index (κ2) is 13.6. The summed E-state index contributed by atoms with van der Waals surface area (Å²) >= 11 is 1.29. The van der Waals surface area contributed by atoms with Crippen molar-refractivity contribution in [2.45, 2.75) is 12.5 Å². The Kier molecular flexibility index (Phi) is 9.27. The van der Waals surface area contributed by atoms with Gasteiger partial charge < -0.3 is 25.5 Å². The fourth-order valence-corrected chi connectivity index (χ4v) is 5.53. The molecule has 3 heterocycles. The predicted octanol–water partition coefficient (Wildman–Crippen LogP) is 4.18. The Hall–Kier alpha value is -5.54. The van der Waals surface area contributed by atoms with Crippen molar-refractivity contribution in [2.24, 2.45) is 0 Å². The summed E-state index contributed by atoms with van der Waals surface area (Å²) in [5.74, 6) is -2.03. The van der Waals surface area contributed by atoms with Gasteiger partial charge in [0.05, 0.1) is 40.3 Å². The van der Waals surface area contributed by atoms with Crippen molar-refractivity contribution in [1.82, 2.24) is 15.2 Å². The molecular formula is C32H28N6O5S. The fourth-order valence-electron chi connectivity index (χ4n) is 4.92. The molecule has 11 nitrogen and oxygen atoms in total. The summed E-state index contributed by atoms with van der Waals surface area (Å²) in [6.07, 6.45) is 2.74. The van der Waals surface area contributed by atoms with Crippen molar-refractivity contribution < 1.29 is 24.3 Å². The maximum Gasteiger partial charge on any atom is 0.305 e. The number of nitriles is 1. The third-order valence-corrected chi connectivity index (χ3v) is 8.06. The number of nitrogens with zero attached hydrogens (tertiary/aromatic N) is 4. The maximum absolute atomic E-state index is 13.3. The quantitative estimate of drug-likeness (QED) is 0.256. The molecule has 44 heavy (non-hydrogen) atoms. The first-order chi connectivity index (χ1) is 21.3. The Bertz CT molecular complexity index is 1700. The smallest absolute Gasteiger partial charge is 0.305 e. The van der Waals surface area contributed by atoms with Crippen molar-refractivity contribution in [2.75, 3.05) is 36.4 Å². The Labute approximate surface area is 257 Å². The normalized spacial score (nSPS) is 13.4. The highest BCUT2D eigenvalue weighted by Crippen LogP contribution is 2.30. The number of rotatable bonds is 9. The third kappa shape index (κ3) is 7.08. The highest BCUT2D eigenvalue weighted by atomic mass is 32.1. The molecule has 1 fully saturated rings. The van der Waals surface area contributed by atoms with E-state index in [0.717, 1.165) is 0 Å². The van der Waals surface area contributed by atoms with E-state index in [1.807, 2.05) is 11.0 Å². The number of carbonyl (C=O) groups is 4. The average Bonchev–Trinajstić information content (AvgIpc) is 3.60. The van der Waals surface area contributed by atoms with E-state index in [-0.39, 0.29) is 23.8 Å². The summed E-state index contributed by atoms with van der Waals surface area (Å²) in [5.41, 5.74) is 2.88. The molecule has 4 aromatic rings. The third-order valence-electron chi connectivity index (χ3n) is 7.19. The van der Waals surface area contributed by atoms with Crippen molar-refractivity contribution in [3.05, 3.63) is 112 Å². The highest BCUT2D eigenvalue weighted by Gasteiger charge is 2.26. The number of aromatic nitrogens is 1. The molecule has 0 bridgehead atoms. The zero-order chi connectivity index (χ0) is 31.1. The molecule has 12 heteroatoms. The van der Waals surface area contributed by atoms with Gasteiger partial charge in [-0.2, -0.15) is 5.26 Å². The monoisotopic (exact) mass is 608 g/mol. The second-order valence-electron chi connectivity index (χ2n) is 10.0. The summed E-state index contributed by atoms with van der Waals surface area (Å²) in [6.45, 7) is 1.83. The lowest BCUT2D eigenvalue weighted by atomic mass is 10.0. The predicted molar refractivity (Wildman–Crippen MR) is 165 cm³/mol. The van der Waals surface area contributed by atoms with Crippen molar-refractivity contribution in [3.8, 4) is 6.07 Å². The number of carboxylic acid groups (broad SMARTS) is 1. The highest BCUT2D eigenvalue weighted by molar-refractivity contribution is 7.12. The van der Waals surface area contributed by atoms with Crippen molar-refractivity contribution in [1.29, 1.82) is 5.26 Å². The van der Waals surface area contributed by atoms with E-state index in [0.29, 0.717) is 59.1 Å². The molecule has 0 spiro atoms. The maximum atomic E-state index is 13.3. The van der Waals surface area contributed by atoms with Crippen LogP contribution < -0.4 is 15.5 Å². The van der Waals surface area contributed by atoms with Crippen LogP contribution in [-0.4, -0.2) is 64.9 Å². The Balaban J connectivity index is 1.35. The van der Waals surface area contributed by atoms with Crippen LogP contribution >= 0.6 is 11.3 Å². The molecule has 1 unspecified atom stereocenters. The lowest BCUT2D eigenvalue weighted by molar-refractivity contribution is -0.137. The summed E-state index contributed by atoms with van der Waals surface area (Å²) in [5, 5.41) is 26.0. The largest absolute Gasteiger partial charge is 0.481 e. The van der Waals surface area contributed by atoms with Gasteiger partial charge in [-0.05, 0) is 65.5 Å². The number of amides is 3. The van der Waals surface area contributed by atoms with Crippen LogP contribution in [0.4, 0.5) is 11.4 Å². The van der Waals surface area contributed by atoms with Crippen LogP contribution in [0.2, 0.25) is 0 Å². The number of thiophene rings is 1. The summed E-state index contributed by atoms with van der Waals surface area (Å²) in [7, 11) is 0. The molecule has 1 aliphatic rings. The number of carboxylic acids is 1. The van der Waals surface area contributed by atoms with E-state index in [2.05, 4.69) is 15.6 Å². The molecule has 1 atom stereocenters. The van der Waals surface area contributed by atoms with Crippen LogP contribution in [0.15, 0.2) is 84.5 Å². The van der Waals surface area contributed by atoms with Crippen LogP contribution in [0.1, 0.15) is 54.0 Å². The number of benzene rings is 2. The van der Waals surface area contributed by atoms with Gasteiger partial charge in [0, 0.05) is 49.7 Å². The van der Waals surface area contributed by atoms with E-state index in [1.165, 1.54) is 17.5 Å². The SMILES string of the molecule is N#Cc1ccc(C(=O)N2CCN(c3ccc(C(=O)NC(CC(=O)O)c4cccnc4)cc3NC(=O)c3cccs3)CC2)cc1.